The van der Waals surface area contributed by atoms with Crippen LogP contribution in [0.25, 0.3) is 0 Å². The van der Waals surface area contributed by atoms with E-state index in [0.717, 1.165) is 0 Å². The first-order chi connectivity index (χ1) is 8.12. The van der Waals surface area contributed by atoms with Crippen molar-refractivity contribution < 1.29 is 8.78 Å². The van der Waals surface area contributed by atoms with Crippen LogP contribution in [-0.2, 0) is 0 Å². The lowest BCUT2D eigenvalue weighted by molar-refractivity contribution is 0.599. The number of nitriles is 3. The van der Waals surface area contributed by atoms with E-state index in [4.69, 9.17) is 15.8 Å². The number of hydrazone groups is 1. The van der Waals surface area contributed by atoms with Crippen LogP contribution in [0.1, 0.15) is 5.56 Å². The number of hydrogen-bond acceptors (Lipinski definition) is 5. The van der Waals surface area contributed by atoms with E-state index in [1.165, 1.54) is 18.2 Å². The highest BCUT2D eigenvalue weighted by Gasteiger charge is 2.09. The zero-order chi connectivity index (χ0) is 12.8. The van der Waals surface area contributed by atoms with E-state index in [0.29, 0.717) is 12.1 Å². The molecular formula is C10H3F2N5. The Morgan fingerprint density at radius 3 is 2.29 bits per heavy atom. The van der Waals surface area contributed by atoms with Crippen molar-refractivity contribution in [1.29, 1.82) is 15.8 Å². The molecular weight excluding hydrogens is 228 g/mol. The maximum absolute atomic E-state index is 13.3. The highest BCUT2D eigenvalue weighted by Crippen LogP contribution is 2.18. The van der Waals surface area contributed by atoms with Crippen molar-refractivity contribution in [1.82, 2.24) is 0 Å². The first-order valence-electron chi connectivity index (χ1n) is 4.15. The van der Waals surface area contributed by atoms with Gasteiger partial charge in [-0.2, -0.15) is 20.9 Å². The molecule has 0 heterocycles. The summed E-state index contributed by atoms with van der Waals surface area (Å²) >= 11 is 0. The molecule has 82 valence electrons. The maximum atomic E-state index is 13.3. The molecule has 0 spiro atoms. The van der Waals surface area contributed by atoms with Gasteiger partial charge in [-0.1, -0.05) is 0 Å². The van der Waals surface area contributed by atoms with Crippen LogP contribution < -0.4 is 5.43 Å². The zero-order valence-electron chi connectivity index (χ0n) is 8.20. The minimum atomic E-state index is -0.929. The molecule has 0 fully saturated rings. The largest absolute Gasteiger partial charge is 0.273 e. The van der Waals surface area contributed by atoms with Crippen LogP contribution in [0.2, 0.25) is 0 Å². The van der Waals surface area contributed by atoms with Crippen LogP contribution >= 0.6 is 0 Å². The number of nitrogens with zero attached hydrogens (tertiary/aromatic N) is 4. The highest BCUT2D eigenvalue weighted by molar-refractivity contribution is 6.10. The van der Waals surface area contributed by atoms with Gasteiger partial charge in [0.1, 0.15) is 29.8 Å². The monoisotopic (exact) mass is 231 g/mol. The third-order valence-corrected chi connectivity index (χ3v) is 1.68. The lowest BCUT2D eigenvalue weighted by Gasteiger charge is -2.02. The Morgan fingerprint density at radius 1 is 1.12 bits per heavy atom. The molecule has 1 rings (SSSR count). The van der Waals surface area contributed by atoms with Gasteiger partial charge in [-0.3, -0.25) is 5.43 Å². The molecule has 0 saturated heterocycles. The number of halogens is 2. The molecule has 1 N–H and O–H groups in total. The summed E-state index contributed by atoms with van der Waals surface area (Å²) in [7, 11) is 0. The predicted molar refractivity (Wildman–Crippen MR) is 53.4 cm³/mol. The number of hydrogen-bond donors (Lipinski definition) is 1. The molecule has 0 saturated carbocycles. The van der Waals surface area contributed by atoms with Crippen LogP contribution in [0.3, 0.4) is 0 Å². The average Bonchev–Trinajstić information content (AvgIpc) is 2.34. The van der Waals surface area contributed by atoms with Crippen molar-refractivity contribution in [3.05, 3.63) is 29.3 Å². The van der Waals surface area contributed by atoms with Gasteiger partial charge in [-0.25, -0.2) is 8.78 Å². The summed E-state index contributed by atoms with van der Waals surface area (Å²) in [5.41, 5.74) is 0.675. The zero-order valence-corrected chi connectivity index (χ0v) is 8.20. The van der Waals surface area contributed by atoms with Gasteiger partial charge in [-0.15, -0.1) is 0 Å². The SMILES string of the molecule is N#CC(C#N)=NNc1cc(F)c(C#N)cc1F. The smallest absolute Gasteiger partial charge is 0.237 e. The Hall–Kier alpha value is -2.98. The molecule has 0 aromatic heterocycles. The van der Waals surface area contributed by atoms with Crippen molar-refractivity contribution in [2.75, 3.05) is 5.43 Å². The molecule has 0 unspecified atom stereocenters. The molecule has 0 atom stereocenters. The summed E-state index contributed by atoms with van der Waals surface area (Å²) in [5.74, 6) is -1.84. The van der Waals surface area contributed by atoms with Gasteiger partial charge < -0.3 is 0 Å². The molecule has 17 heavy (non-hydrogen) atoms. The van der Waals surface area contributed by atoms with Crippen molar-refractivity contribution in [2.24, 2.45) is 5.10 Å². The van der Waals surface area contributed by atoms with E-state index in [1.54, 1.807) is 0 Å². The van der Waals surface area contributed by atoms with E-state index in [2.05, 4.69) is 5.10 Å². The number of rotatable bonds is 2. The molecule has 1 aromatic rings. The summed E-state index contributed by atoms with van der Waals surface area (Å²) in [6, 6.07) is 5.74. The molecule has 7 heteroatoms. The van der Waals surface area contributed by atoms with Crippen LogP contribution in [0.15, 0.2) is 17.2 Å². The quantitative estimate of drug-likeness (QED) is 0.618. The molecule has 0 bridgehead atoms. The van der Waals surface area contributed by atoms with E-state index in [9.17, 15) is 8.78 Å². The van der Waals surface area contributed by atoms with E-state index >= 15 is 0 Å². The topological polar surface area (TPSA) is 95.8 Å². The number of nitrogens with one attached hydrogen (secondary N) is 1. The van der Waals surface area contributed by atoms with E-state index in [-0.39, 0.29) is 5.69 Å². The number of anilines is 1. The van der Waals surface area contributed by atoms with Gasteiger partial charge in [0.25, 0.3) is 0 Å². The van der Waals surface area contributed by atoms with Gasteiger partial charge in [-0.05, 0) is 6.07 Å². The summed E-state index contributed by atoms with van der Waals surface area (Å²) in [5, 5.41) is 28.4. The van der Waals surface area contributed by atoms with Gasteiger partial charge >= 0.3 is 0 Å². The maximum Gasteiger partial charge on any atom is 0.237 e. The van der Waals surface area contributed by atoms with Gasteiger partial charge in [0, 0.05) is 6.07 Å². The fraction of sp³-hybridized carbons (Fsp3) is 0. The molecule has 0 aliphatic rings. The fourth-order valence-electron chi connectivity index (χ4n) is 0.909. The second kappa shape index (κ2) is 5.20. The van der Waals surface area contributed by atoms with Crippen LogP contribution in [-0.4, -0.2) is 5.71 Å². The third-order valence-electron chi connectivity index (χ3n) is 1.68. The Bertz CT molecular complexity index is 585. The molecule has 0 radical (unpaired) electrons. The molecule has 0 aliphatic heterocycles. The first-order valence-corrected chi connectivity index (χ1v) is 4.15. The standard InChI is InChI=1S/C10H3F2N5/c11-8-2-10(9(12)1-6(8)3-13)17-16-7(4-14)5-15/h1-2,17H. The summed E-state index contributed by atoms with van der Waals surface area (Å²) in [4.78, 5) is 0. The van der Waals surface area contributed by atoms with Crippen molar-refractivity contribution in [3.63, 3.8) is 0 Å². The fourth-order valence-corrected chi connectivity index (χ4v) is 0.909. The first kappa shape index (κ1) is 12.1. The Morgan fingerprint density at radius 2 is 1.76 bits per heavy atom. The van der Waals surface area contributed by atoms with Gasteiger partial charge in [0.2, 0.25) is 5.71 Å². The normalized spacial score (nSPS) is 8.41. The van der Waals surface area contributed by atoms with Crippen LogP contribution in [0.4, 0.5) is 14.5 Å². The van der Waals surface area contributed by atoms with Crippen molar-refractivity contribution in [3.8, 4) is 18.2 Å². The van der Waals surface area contributed by atoms with E-state index in [1.807, 2.05) is 5.43 Å². The second-order valence-electron chi connectivity index (χ2n) is 2.72. The summed E-state index contributed by atoms with van der Waals surface area (Å²) in [6.07, 6.45) is 0. The molecule has 5 nitrogen and oxygen atoms in total. The second-order valence-corrected chi connectivity index (χ2v) is 2.72. The van der Waals surface area contributed by atoms with Crippen LogP contribution in [0.5, 0.6) is 0 Å². The lowest BCUT2D eigenvalue weighted by Crippen LogP contribution is -2.00. The van der Waals surface area contributed by atoms with Gasteiger partial charge in [0.05, 0.1) is 11.3 Å². The lowest BCUT2D eigenvalue weighted by atomic mass is 10.2. The average molecular weight is 231 g/mol. The Labute approximate surface area is 94.8 Å². The molecule has 1 aromatic carbocycles. The van der Waals surface area contributed by atoms with Gasteiger partial charge in [0.15, 0.2) is 0 Å². The minimum absolute atomic E-state index is 0.371. The van der Waals surface area contributed by atoms with Crippen LogP contribution in [0, 0.1) is 45.6 Å². The highest BCUT2D eigenvalue weighted by atomic mass is 19.1. The third kappa shape index (κ3) is 2.74. The number of benzene rings is 1. The van der Waals surface area contributed by atoms with Crippen molar-refractivity contribution >= 4 is 11.4 Å². The molecule has 0 amide bonds. The predicted octanol–water partition coefficient (Wildman–Crippen LogP) is 1.65. The van der Waals surface area contributed by atoms with Crippen molar-refractivity contribution in [2.45, 2.75) is 0 Å². The Balaban J connectivity index is 3.08. The summed E-state index contributed by atoms with van der Waals surface area (Å²) < 4.78 is 26.4. The molecule has 0 aliphatic carbocycles. The minimum Gasteiger partial charge on any atom is -0.273 e. The van der Waals surface area contributed by atoms with E-state index < -0.39 is 22.9 Å². The summed E-state index contributed by atoms with van der Waals surface area (Å²) in [6.45, 7) is 0. The Kier molecular flexibility index (Phi) is 3.70.